The zero-order valence-corrected chi connectivity index (χ0v) is 18.9. The molecule has 0 atom stereocenters. The van der Waals surface area contributed by atoms with Crippen LogP contribution >= 0.6 is 31.9 Å². The van der Waals surface area contributed by atoms with Crippen molar-refractivity contribution in [3.8, 4) is 0 Å². The molecule has 3 rings (SSSR count). The summed E-state index contributed by atoms with van der Waals surface area (Å²) in [7, 11) is 2.57. The summed E-state index contributed by atoms with van der Waals surface area (Å²) in [6.07, 6.45) is 1.15. The Morgan fingerprint density at radius 2 is 1.42 bits per heavy atom. The molecule has 1 aliphatic heterocycles. The van der Waals surface area contributed by atoms with Gasteiger partial charge in [-0.15, -0.1) is 0 Å². The van der Waals surface area contributed by atoms with Gasteiger partial charge in [-0.3, -0.25) is 0 Å². The Balaban J connectivity index is 2.10. The molecule has 2 aromatic carbocycles. The smallest absolute Gasteiger partial charge is 0.117 e. The molecular formula is C19H24Br2N2Si. The monoisotopic (exact) mass is 466 g/mol. The first-order valence-corrected chi connectivity index (χ1v) is 12.9. The van der Waals surface area contributed by atoms with Crippen LogP contribution < -0.4 is 15.3 Å². The summed E-state index contributed by atoms with van der Waals surface area (Å²) in [6.45, 7) is 7.07. The van der Waals surface area contributed by atoms with E-state index in [-0.39, 0.29) is 0 Å². The standard InChI is InChI=1S/C19H24Br2N2Si/c1-22(2)10-5-11-23-16-8-6-14(20)12-18(16)24(3,4)19-13-15(21)7-9-17(19)23/h6-9,12-13H,5,10-11H2,1-4H3. The van der Waals surface area contributed by atoms with Crippen LogP contribution in [0.3, 0.4) is 0 Å². The lowest BCUT2D eigenvalue weighted by Crippen LogP contribution is -2.59. The second-order valence-electron chi connectivity index (χ2n) is 7.26. The topological polar surface area (TPSA) is 6.48 Å². The normalized spacial score (nSPS) is 15.4. The van der Waals surface area contributed by atoms with E-state index < -0.39 is 8.07 Å². The van der Waals surface area contributed by atoms with Gasteiger partial charge in [-0.25, -0.2) is 0 Å². The minimum absolute atomic E-state index is 1.05. The van der Waals surface area contributed by atoms with Gasteiger partial charge >= 0.3 is 0 Å². The van der Waals surface area contributed by atoms with E-state index in [9.17, 15) is 0 Å². The molecule has 0 aliphatic carbocycles. The van der Waals surface area contributed by atoms with Gasteiger partial charge in [-0.05, 0) is 73.8 Å². The van der Waals surface area contributed by atoms with E-state index in [2.05, 4.69) is 105 Å². The molecular weight excluding hydrogens is 444 g/mol. The van der Waals surface area contributed by atoms with Gasteiger partial charge < -0.3 is 9.80 Å². The first-order chi connectivity index (χ1) is 11.3. The largest absolute Gasteiger partial charge is 0.342 e. The summed E-state index contributed by atoms with van der Waals surface area (Å²) >= 11 is 7.35. The maximum atomic E-state index is 3.68. The fourth-order valence-electron chi connectivity index (χ4n) is 3.55. The van der Waals surface area contributed by atoms with Gasteiger partial charge in [0.15, 0.2) is 0 Å². The van der Waals surface area contributed by atoms with Gasteiger partial charge in [-0.2, -0.15) is 0 Å². The van der Waals surface area contributed by atoms with Crippen LogP contribution in [0.15, 0.2) is 45.3 Å². The molecule has 0 N–H and O–H groups in total. The molecule has 24 heavy (non-hydrogen) atoms. The molecule has 128 valence electrons. The van der Waals surface area contributed by atoms with E-state index in [0.717, 1.165) is 19.5 Å². The highest BCUT2D eigenvalue weighted by molar-refractivity contribution is 9.10. The quantitative estimate of drug-likeness (QED) is 0.613. The highest BCUT2D eigenvalue weighted by Gasteiger charge is 2.38. The SMILES string of the molecule is CN(C)CCCN1c2ccc(Br)cc2[Si](C)(C)c2cc(Br)ccc21. The van der Waals surface area contributed by atoms with Crippen LogP contribution in [-0.4, -0.2) is 40.2 Å². The Kier molecular flexibility index (Phi) is 5.26. The molecule has 0 saturated heterocycles. The summed E-state index contributed by atoms with van der Waals surface area (Å²) in [5.41, 5.74) is 2.78. The first kappa shape index (κ1) is 18.2. The van der Waals surface area contributed by atoms with Crippen molar-refractivity contribution in [1.82, 2.24) is 4.90 Å². The molecule has 5 heteroatoms. The van der Waals surface area contributed by atoms with Crippen molar-refractivity contribution in [2.24, 2.45) is 0 Å². The first-order valence-electron chi connectivity index (χ1n) is 8.33. The molecule has 0 fully saturated rings. The molecule has 2 aromatic rings. The van der Waals surface area contributed by atoms with Crippen LogP contribution in [-0.2, 0) is 0 Å². The Morgan fingerprint density at radius 1 is 0.917 bits per heavy atom. The fourth-order valence-corrected chi connectivity index (χ4v) is 7.73. The van der Waals surface area contributed by atoms with Crippen molar-refractivity contribution in [3.63, 3.8) is 0 Å². The Bertz CT molecular complexity index is 704. The van der Waals surface area contributed by atoms with Gasteiger partial charge in [0, 0.05) is 26.9 Å². The highest BCUT2D eigenvalue weighted by atomic mass is 79.9. The minimum Gasteiger partial charge on any atom is -0.342 e. The number of rotatable bonds is 4. The molecule has 2 nitrogen and oxygen atoms in total. The number of benzene rings is 2. The van der Waals surface area contributed by atoms with E-state index in [0.29, 0.717) is 0 Å². The predicted molar refractivity (Wildman–Crippen MR) is 115 cm³/mol. The lowest BCUT2D eigenvalue weighted by Gasteiger charge is -2.41. The molecule has 0 amide bonds. The van der Waals surface area contributed by atoms with Crippen molar-refractivity contribution >= 4 is 61.7 Å². The maximum absolute atomic E-state index is 3.68. The van der Waals surface area contributed by atoms with Crippen LogP contribution in [0, 0.1) is 0 Å². The molecule has 0 aromatic heterocycles. The Morgan fingerprint density at radius 3 is 1.88 bits per heavy atom. The van der Waals surface area contributed by atoms with Crippen LogP contribution in [0.25, 0.3) is 0 Å². The molecule has 0 bridgehead atoms. The third kappa shape index (κ3) is 3.36. The second-order valence-corrected chi connectivity index (χ2v) is 13.4. The van der Waals surface area contributed by atoms with E-state index in [1.54, 1.807) is 0 Å². The second kappa shape index (κ2) is 6.94. The van der Waals surface area contributed by atoms with Gasteiger partial charge in [-0.1, -0.05) is 45.0 Å². The number of hydrogen-bond donors (Lipinski definition) is 0. The van der Waals surface area contributed by atoms with Gasteiger partial charge in [0.1, 0.15) is 8.07 Å². The summed E-state index contributed by atoms with van der Waals surface area (Å²) in [5, 5.41) is 3.04. The van der Waals surface area contributed by atoms with E-state index in [1.165, 1.54) is 30.7 Å². The van der Waals surface area contributed by atoms with E-state index >= 15 is 0 Å². The van der Waals surface area contributed by atoms with Crippen LogP contribution in [0.5, 0.6) is 0 Å². The number of halogens is 2. The average molecular weight is 468 g/mol. The summed E-state index contributed by atoms with van der Waals surface area (Å²) in [6, 6.07) is 13.6. The van der Waals surface area contributed by atoms with Crippen molar-refractivity contribution in [2.75, 3.05) is 32.1 Å². The zero-order valence-electron chi connectivity index (χ0n) is 14.7. The number of nitrogens with zero attached hydrogens (tertiary/aromatic N) is 2. The molecule has 0 saturated carbocycles. The van der Waals surface area contributed by atoms with Crippen molar-refractivity contribution in [1.29, 1.82) is 0 Å². The molecule has 0 spiro atoms. The van der Waals surface area contributed by atoms with E-state index in [4.69, 9.17) is 0 Å². The minimum atomic E-state index is -1.71. The number of anilines is 2. The predicted octanol–water partition coefficient (Wildman–Crippen LogP) is 4.44. The third-order valence-corrected chi connectivity index (χ3v) is 9.31. The number of fused-ring (bicyclic) bond motifs is 2. The molecule has 0 unspecified atom stereocenters. The lowest BCUT2D eigenvalue weighted by atomic mass is 10.2. The molecule has 1 heterocycles. The molecule has 1 aliphatic rings. The summed E-state index contributed by atoms with van der Waals surface area (Å²) < 4.78 is 2.35. The van der Waals surface area contributed by atoms with Gasteiger partial charge in [0.2, 0.25) is 0 Å². The number of hydrogen-bond acceptors (Lipinski definition) is 2. The van der Waals surface area contributed by atoms with Crippen LogP contribution in [0.4, 0.5) is 11.4 Å². The Hall–Kier alpha value is -0.623. The maximum Gasteiger partial charge on any atom is 0.117 e. The average Bonchev–Trinajstić information content (AvgIpc) is 2.51. The van der Waals surface area contributed by atoms with Crippen molar-refractivity contribution < 1.29 is 0 Å². The van der Waals surface area contributed by atoms with Crippen LogP contribution in [0.1, 0.15) is 6.42 Å². The van der Waals surface area contributed by atoms with Gasteiger partial charge in [0.25, 0.3) is 0 Å². The van der Waals surface area contributed by atoms with Crippen molar-refractivity contribution in [2.45, 2.75) is 19.5 Å². The molecule has 0 radical (unpaired) electrons. The summed E-state index contributed by atoms with van der Waals surface area (Å²) in [5.74, 6) is 0. The third-order valence-electron chi connectivity index (χ3n) is 4.83. The van der Waals surface area contributed by atoms with E-state index in [1.807, 2.05) is 0 Å². The fraction of sp³-hybridized carbons (Fsp3) is 0.368. The van der Waals surface area contributed by atoms with Gasteiger partial charge in [0.05, 0.1) is 0 Å². The zero-order chi connectivity index (χ0) is 17.5. The highest BCUT2D eigenvalue weighted by Crippen LogP contribution is 2.34. The lowest BCUT2D eigenvalue weighted by molar-refractivity contribution is 0.402. The van der Waals surface area contributed by atoms with Crippen LogP contribution in [0.2, 0.25) is 13.1 Å². The van der Waals surface area contributed by atoms with Crippen molar-refractivity contribution in [3.05, 3.63) is 45.3 Å². The Labute approximate surface area is 163 Å². The summed E-state index contributed by atoms with van der Waals surface area (Å²) in [4.78, 5) is 4.78.